The van der Waals surface area contributed by atoms with Crippen molar-refractivity contribution < 1.29 is 4.79 Å². The molecule has 0 aliphatic heterocycles. The van der Waals surface area contributed by atoms with Crippen LogP contribution in [0.15, 0.2) is 60.8 Å². The molecule has 0 atom stereocenters. The van der Waals surface area contributed by atoms with Gasteiger partial charge in [0.15, 0.2) is 0 Å². The van der Waals surface area contributed by atoms with Crippen molar-refractivity contribution >= 4 is 16.6 Å². The average molecular weight is 247 g/mol. The summed E-state index contributed by atoms with van der Waals surface area (Å²) < 4.78 is 0. The summed E-state index contributed by atoms with van der Waals surface area (Å²) in [5, 5.41) is 1.94. The number of benzene rings is 2. The van der Waals surface area contributed by atoms with Crippen molar-refractivity contribution in [3.8, 4) is 0 Å². The number of hydrogen-bond donors (Lipinski definition) is 0. The van der Waals surface area contributed by atoms with Crippen LogP contribution in [0.3, 0.4) is 0 Å². The van der Waals surface area contributed by atoms with Gasteiger partial charge in [-0.2, -0.15) is 0 Å². The quantitative estimate of drug-likeness (QED) is 0.645. The standard InChI is InChI=1S/C17H13NO/c1-12-5-4-7-14(11-12)17(19)16-15-8-3-2-6-13(15)9-10-18-16/h2-11H,1H3. The fraction of sp³-hybridized carbons (Fsp3) is 0.0588. The van der Waals surface area contributed by atoms with Crippen molar-refractivity contribution in [2.75, 3.05) is 0 Å². The number of aromatic nitrogens is 1. The smallest absolute Gasteiger partial charge is 0.211 e. The van der Waals surface area contributed by atoms with Gasteiger partial charge < -0.3 is 0 Å². The normalized spacial score (nSPS) is 10.6. The maximum absolute atomic E-state index is 12.6. The van der Waals surface area contributed by atoms with Gasteiger partial charge in [0.25, 0.3) is 0 Å². The molecule has 0 aliphatic rings. The van der Waals surface area contributed by atoms with Crippen LogP contribution < -0.4 is 0 Å². The number of hydrogen-bond acceptors (Lipinski definition) is 2. The van der Waals surface area contributed by atoms with E-state index in [9.17, 15) is 4.79 Å². The molecular formula is C17H13NO. The summed E-state index contributed by atoms with van der Waals surface area (Å²) >= 11 is 0. The molecule has 0 amide bonds. The lowest BCUT2D eigenvalue weighted by atomic mass is 10.0. The number of nitrogens with zero attached hydrogens (tertiary/aromatic N) is 1. The summed E-state index contributed by atoms with van der Waals surface area (Å²) in [5.74, 6) is -0.0273. The van der Waals surface area contributed by atoms with Crippen molar-refractivity contribution in [2.24, 2.45) is 0 Å². The lowest BCUT2D eigenvalue weighted by Crippen LogP contribution is -2.05. The number of ketones is 1. The summed E-state index contributed by atoms with van der Waals surface area (Å²) in [7, 11) is 0. The lowest BCUT2D eigenvalue weighted by Gasteiger charge is -2.05. The summed E-state index contributed by atoms with van der Waals surface area (Å²) in [4.78, 5) is 16.8. The second kappa shape index (κ2) is 4.65. The van der Waals surface area contributed by atoms with E-state index in [1.807, 2.05) is 61.5 Å². The first-order chi connectivity index (χ1) is 9.25. The Bertz CT molecular complexity index is 757. The molecule has 0 unspecified atom stereocenters. The molecule has 2 aromatic carbocycles. The molecule has 1 aromatic heterocycles. The fourth-order valence-electron chi connectivity index (χ4n) is 2.22. The summed E-state index contributed by atoms with van der Waals surface area (Å²) in [6.45, 7) is 1.98. The topological polar surface area (TPSA) is 30.0 Å². The maximum Gasteiger partial charge on any atom is 0.211 e. The van der Waals surface area contributed by atoms with E-state index in [1.165, 1.54) is 0 Å². The van der Waals surface area contributed by atoms with Gasteiger partial charge in [-0.25, -0.2) is 0 Å². The molecule has 0 fully saturated rings. The van der Waals surface area contributed by atoms with Gasteiger partial charge in [-0.05, 0) is 24.4 Å². The minimum atomic E-state index is -0.0273. The molecule has 2 nitrogen and oxygen atoms in total. The molecule has 19 heavy (non-hydrogen) atoms. The van der Waals surface area contributed by atoms with Crippen LogP contribution in [0.25, 0.3) is 10.8 Å². The first-order valence-corrected chi connectivity index (χ1v) is 6.21. The Morgan fingerprint density at radius 2 is 1.84 bits per heavy atom. The van der Waals surface area contributed by atoms with E-state index in [0.29, 0.717) is 11.3 Å². The zero-order valence-electron chi connectivity index (χ0n) is 10.6. The highest BCUT2D eigenvalue weighted by Crippen LogP contribution is 2.19. The van der Waals surface area contributed by atoms with Crippen LogP contribution in [0.4, 0.5) is 0 Å². The Morgan fingerprint density at radius 3 is 2.68 bits per heavy atom. The number of carbonyl (C=O) groups excluding carboxylic acids is 1. The largest absolute Gasteiger partial charge is 0.287 e. The third-order valence-corrected chi connectivity index (χ3v) is 3.17. The molecule has 1 heterocycles. The van der Waals surface area contributed by atoms with Gasteiger partial charge in [0, 0.05) is 17.1 Å². The molecule has 3 aromatic rings. The summed E-state index contributed by atoms with van der Waals surface area (Å²) in [6.07, 6.45) is 1.69. The lowest BCUT2D eigenvalue weighted by molar-refractivity contribution is 0.103. The van der Waals surface area contributed by atoms with Crippen molar-refractivity contribution in [3.63, 3.8) is 0 Å². The number of rotatable bonds is 2. The Labute approximate surface area is 111 Å². The third kappa shape index (κ3) is 2.13. The number of pyridine rings is 1. The molecule has 0 saturated carbocycles. The minimum Gasteiger partial charge on any atom is -0.287 e. The van der Waals surface area contributed by atoms with Gasteiger partial charge in [0.2, 0.25) is 5.78 Å². The molecule has 92 valence electrons. The highest BCUT2D eigenvalue weighted by atomic mass is 16.1. The van der Waals surface area contributed by atoms with Crippen molar-refractivity contribution in [3.05, 3.63) is 77.6 Å². The molecule has 2 heteroatoms. The van der Waals surface area contributed by atoms with Crippen LogP contribution in [0.1, 0.15) is 21.6 Å². The van der Waals surface area contributed by atoms with Crippen molar-refractivity contribution in [2.45, 2.75) is 6.92 Å². The Hall–Kier alpha value is -2.48. The first-order valence-electron chi connectivity index (χ1n) is 6.21. The van der Waals surface area contributed by atoms with Gasteiger partial charge >= 0.3 is 0 Å². The maximum atomic E-state index is 12.6. The van der Waals surface area contributed by atoms with Crippen LogP contribution in [-0.2, 0) is 0 Å². The summed E-state index contributed by atoms with van der Waals surface area (Å²) in [5.41, 5.74) is 2.28. The molecule has 0 saturated heterocycles. The molecular weight excluding hydrogens is 234 g/mol. The van der Waals surface area contributed by atoms with E-state index in [0.717, 1.165) is 16.3 Å². The molecule has 0 aliphatic carbocycles. The Kier molecular flexibility index (Phi) is 2.84. The predicted molar refractivity (Wildman–Crippen MR) is 76.4 cm³/mol. The third-order valence-electron chi connectivity index (χ3n) is 3.17. The molecule has 0 N–H and O–H groups in total. The first kappa shape index (κ1) is 11.6. The Morgan fingerprint density at radius 1 is 1.00 bits per heavy atom. The number of carbonyl (C=O) groups is 1. The van der Waals surface area contributed by atoms with Gasteiger partial charge in [0.1, 0.15) is 5.69 Å². The van der Waals surface area contributed by atoms with E-state index >= 15 is 0 Å². The zero-order valence-corrected chi connectivity index (χ0v) is 10.6. The summed E-state index contributed by atoms with van der Waals surface area (Å²) in [6, 6.07) is 17.3. The second-order valence-electron chi connectivity index (χ2n) is 4.58. The van der Waals surface area contributed by atoms with Crippen molar-refractivity contribution in [1.82, 2.24) is 4.98 Å². The van der Waals surface area contributed by atoms with Crippen molar-refractivity contribution in [1.29, 1.82) is 0 Å². The second-order valence-corrected chi connectivity index (χ2v) is 4.58. The zero-order chi connectivity index (χ0) is 13.2. The van der Waals surface area contributed by atoms with E-state index in [1.54, 1.807) is 6.20 Å². The highest BCUT2D eigenvalue weighted by Gasteiger charge is 2.13. The van der Waals surface area contributed by atoms with E-state index < -0.39 is 0 Å². The van der Waals surface area contributed by atoms with E-state index in [4.69, 9.17) is 0 Å². The molecule has 3 rings (SSSR count). The molecule has 0 bridgehead atoms. The van der Waals surface area contributed by atoms with Crippen LogP contribution >= 0.6 is 0 Å². The van der Waals surface area contributed by atoms with E-state index in [2.05, 4.69) is 4.98 Å². The van der Waals surface area contributed by atoms with Crippen LogP contribution in [-0.4, -0.2) is 10.8 Å². The fourth-order valence-corrected chi connectivity index (χ4v) is 2.22. The SMILES string of the molecule is Cc1cccc(C(=O)c2nccc3ccccc23)c1. The Balaban J connectivity index is 2.17. The van der Waals surface area contributed by atoms with Gasteiger partial charge in [-0.1, -0.05) is 48.0 Å². The minimum absolute atomic E-state index is 0.0273. The average Bonchev–Trinajstić information content (AvgIpc) is 2.46. The van der Waals surface area contributed by atoms with Gasteiger partial charge in [-0.3, -0.25) is 9.78 Å². The molecule has 0 radical (unpaired) electrons. The van der Waals surface area contributed by atoms with Gasteiger partial charge in [-0.15, -0.1) is 0 Å². The van der Waals surface area contributed by atoms with E-state index in [-0.39, 0.29) is 5.78 Å². The number of fused-ring (bicyclic) bond motifs is 1. The van der Waals surface area contributed by atoms with Crippen LogP contribution in [0, 0.1) is 6.92 Å². The van der Waals surface area contributed by atoms with Crippen LogP contribution in [0.5, 0.6) is 0 Å². The monoisotopic (exact) mass is 247 g/mol. The van der Waals surface area contributed by atoms with Gasteiger partial charge in [0.05, 0.1) is 0 Å². The number of aryl methyl sites for hydroxylation is 1. The highest BCUT2D eigenvalue weighted by molar-refractivity contribution is 6.14. The van der Waals surface area contributed by atoms with Crippen LogP contribution in [0.2, 0.25) is 0 Å². The predicted octanol–water partition coefficient (Wildman–Crippen LogP) is 3.77. The molecule has 0 spiro atoms.